The highest BCUT2D eigenvalue weighted by Gasteiger charge is 2.45. The first kappa shape index (κ1) is 31.8. The molecule has 0 aliphatic heterocycles. The number of rotatable bonds is 14. The van der Waals surface area contributed by atoms with Gasteiger partial charge in [0.25, 0.3) is 5.69 Å². The molecule has 2 heterocycles. The SMILES string of the molecule is CCc1ccc(C(=O)OCc2cccc(COC(=O)c3ccc(CO[Si](C(C)C)(C(C)C)C(C)C)o3)c2[N+](=O)[O-])o1. The molecule has 0 amide bonds. The van der Waals surface area contributed by atoms with Crippen molar-refractivity contribution in [3.8, 4) is 0 Å². The van der Waals surface area contributed by atoms with E-state index in [2.05, 4.69) is 41.5 Å². The molecule has 0 aliphatic rings. The van der Waals surface area contributed by atoms with Crippen LogP contribution in [0.4, 0.5) is 5.69 Å². The number of carbonyl (C=O) groups is 2. The molecule has 0 bridgehead atoms. The number of aryl methyl sites for hydroxylation is 1. The maximum atomic E-state index is 12.7. The molecule has 0 unspecified atom stereocenters. The average molecular weight is 586 g/mol. The maximum absolute atomic E-state index is 12.7. The molecule has 3 rings (SSSR count). The molecule has 10 nitrogen and oxygen atoms in total. The van der Waals surface area contributed by atoms with Crippen molar-refractivity contribution < 1.29 is 37.2 Å². The van der Waals surface area contributed by atoms with Crippen LogP contribution in [0.25, 0.3) is 0 Å². The first-order chi connectivity index (χ1) is 19.4. The van der Waals surface area contributed by atoms with Crippen LogP contribution in [-0.2, 0) is 40.1 Å². The van der Waals surface area contributed by atoms with E-state index in [0.29, 0.717) is 34.6 Å². The van der Waals surface area contributed by atoms with E-state index in [9.17, 15) is 19.7 Å². The Morgan fingerprint density at radius 1 is 0.780 bits per heavy atom. The Morgan fingerprint density at radius 2 is 1.24 bits per heavy atom. The summed E-state index contributed by atoms with van der Waals surface area (Å²) in [6, 6.07) is 10.9. The van der Waals surface area contributed by atoms with Crippen molar-refractivity contribution in [1.29, 1.82) is 0 Å². The largest absolute Gasteiger partial charge is 0.455 e. The second-order valence-electron chi connectivity index (χ2n) is 10.8. The Balaban J connectivity index is 1.66. The fraction of sp³-hybridized carbons (Fsp3) is 0.467. The summed E-state index contributed by atoms with van der Waals surface area (Å²) in [6.07, 6.45) is 0.614. The van der Waals surface area contributed by atoms with Gasteiger partial charge in [0.1, 0.15) is 24.7 Å². The van der Waals surface area contributed by atoms with Crippen LogP contribution in [0.5, 0.6) is 0 Å². The van der Waals surface area contributed by atoms with Gasteiger partial charge in [-0.15, -0.1) is 0 Å². The van der Waals surface area contributed by atoms with Crippen LogP contribution < -0.4 is 0 Å². The lowest BCUT2D eigenvalue weighted by atomic mass is 10.1. The fourth-order valence-corrected chi connectivity index (χ4v) is 10.9. The van der Waals surface area contributed by atoms with E-state index in [1.807, 2.05) is 6.92 Å². The number of nitrogens with zero attached hydrogens (tertiary/aromatic N) is 1. The first-order valence-electron chi connectivity index (χ1n) is 13.8. The van der Waals surface area contributed by atoms with Gasteiger partial charge in [-0.25, -0.2) is 9.59 Å². The number of nitro groups is 1. The second kappa shape index (κ2) is 13.8. The van der Waals surface area contributed by atoms with Crippen molar-refractivity contribution in [2.24, 2.45) is 0 Å². The maximum Gasteiger partial charge on any atom is 0.374 e. The van der Waals surface area contributed by atoms with Crippen molar-refractivity contribution >= 4 is 25.9 Å². The number of furan rings is 2. The highest BCUT2D eigenvalue weighted by molar-refractivity contribution is 6.77. The molecule has 0 atom stereocenters. The van der Waals surface area contributed by atoms with Gasteiger partial charge in [0.15, 0.2) is 0 Å². The summed E-state index contributed by atoms with van der Waals surface area (Å²) in [5, 5.41) is 11.9. The molecule has 222 valence electrons. The molecule has 3 aromatic rings. The van der Waals surface area contributed by atoms with Crippen LogP contribution in [0.2, 0.25) is 16.6 Å². The van der Waals surface area contributed by atoms with Crippen molar-refractivity contribution in [3.63, 3.8) is 0 Å². The predicted octanol–water partition coefficient (Wildman–Crippen LogP) is 7.75. The van der Waals surface area contributed by atoms with E-state index in [1.54, 1.807) is 18.2 Å². The number of para-hydroxylation sites is 1. The van der Waals surface area contributed by atoms with Crippen LogP contribution >= 0.6 is 0 Å². The number of ether oxygens (including phenoxy) is 2. The molecule has 0 aliphatic carbocycles. The topological polar surface area (TPSA) is 131 Å². The standard InChI is InChI=1S/C30H39NO9Si/c1-8-24-12-14-26(39-24)29(32)36-16-22-10-9-11-23(28(22)31(34)35)17-37-30(33)27-15-13-25(40-27)18-38-41(19(2)3,20(4)5)21(6)7/h9-15,19-21H,8,16-18H2,1-7H3. The molecule has 2 aromatic heterocycles. The van der Waals surface area contributed by atoms with Gasteiger partial charge in [-0.2, -0.15) is 0 Å². The minimum absolute atomic E-state index is 0.0171. The van der Waals surface area contributed by atoms with Gasteiger partial charge in [-0.3, -0.25) is 10.1 Å². The minimum atomic E-state index is -2.12. The fourth-order valence-electron chi connectivity index (χ4n) is 5.48. The Bertz CT molecular complexity index is 1330. The monoisotopic (exact) mass is 585 g/mol. The summed E-state index contributed by atoms with van der Waals surface area (Å²) in [7, 11) is -2.12. The Labute approximate surface area is 241 Å². The number of hydrogen-bond donors (Lipinski definition) is 0. The van der Waals surface area contributed by atoms with Crippen LogP contribution in [0.1, 0.15) is 92.2 Å². The molecule has 0 saturated heterocycles. The highest BCUT2D eigenvalue weighted by Crippen LogP contribution is 2.42. The molecule has 0 N–H and O–H groups in total. The van der Waals surface area contributed by atoms with Crippen molar-refractivity contribution in [1.82, 2.24) is 0 Å². The molecule has 41 heavy (non-hydrogen) atoms. The Morgan fingerprint density at radius 3 is 1.66 bits per heavy atom. The summed E-state index contributed by atoms with van der Waals surface area (Å²) in [4.78, 5) is 36.3. The summed E-state index contributed by atoms with van der Waals surface area (Å²) < 4.78 is 28.2. The lowest BCUT2D eigenvalue weighted by Gasteiger charge is -2.41. The Kier molecular flexibility index (Phi) is 10.7. The van der Waals surface area contributed by atoms with E-state index < -0.39 is 25.2 Å². The highest BCUT2D eigenvalue weighted by atomic mass is 28.4. The van der Waals surface area contributed by atoms with Crippen molar-refractivity contribution in [2.45, 2.75) is 91.3 Å². The van der Waals surface area contributed by atoms with Crippen LogP contribution in [-0.4, -0.2) is 25.2 Å². The molecule has 0 fully saturated rings. The number of carbonyl (C=O) groups excluding carboxylic acids is 2. The van der Waals surface area contributed by atoms with Crippen LogP contribution in [0.3, 0.4) is 0 Å². The van der Waals surface area contributed by atoms with Gasteiger partial charge in [-0.05, 0) is 53.0 Å². The third kappa shape index (κ3) is 7.33. The van der Waals surface area contributed by atoms with Gasteiger partial charge in [0.2, 0.25) is 19.8 Å². The lowest BCUT2D eigenvalue weighted by Crippen LogP contribution is -2.47. The lowest BCUT2D eigenvalue weighted by molar-refractivity contribution is -0.386. The van der Waals surface area contributed by atoms with Crippen LogP contribution in [0.15, 0.2) is 51.3 Å². The normalized spacial score (nSPS) is 11.9. The zero-order chi connectivity index (χ0) is 30.3. The van der Waals surface area contributed by atoms with E-state index in [0.717, 1.165) is 0 Å². The van der Waals surface area contributed by atoms with Gasteiger partial charge in [0.05, 0.1) is 22.7 Å². The molecule has 1 aromatic carbocycles. The molecule has 0 saturated carbocycles. The number of esters is 2. The number of nitro benzene ring substituents is 1. The number of hydrogen-bond acceptors (Lipinski definition) is 9. The average Bonchev–Trinajstić information content (AvgIpc) is 3.60. The molecule has 0 radical (unpaired) electrons. The zero-order valence-electron chi connectivity index (χ0n) is 24.7. The predicted molar refractivity (Wildman–Crippen MR) is 154 cm³/mol. The summed E-state index contributed by atoms with van der Waals surface area (Å²) in [6.45, 7) is 14.6. The third-order valence-corrected chi connectivity index (χ3v) is 13.4. The van der Waals surface area contributed by atoms with E-state index in [1.165, 1.54) is 24.3 Å². The minimum Gasteiger partial charge on any atom is -0.455 e. The van der Waals surface area contributed by atoms with E-state index in [-0.39, 0.29) is 48.2 Å². The van der Waals surface area contributed by atoms with Gasteiger partial charge in [0, 0.05) is 6.42 Å². The zero-order valence-corrected chi connectivity index (χ0v) is 25.7. The van der Waals surface area contributed by atoms with Gasteiger partial charge >= 0.3 is 11.9 Å². The Hall–Kier alpha value is -3.70. The summed E-state index contributed by atoms with van der Waals surface area (Å²) >= 11 is 0. The quantitative estimate of drug-likeness (QED) is 0.0806. The molecular formula is C30H39NO9Si. The van der Waals surface area contributed by atoms with E-state index >= 15 is 0 Å². The molecule has 0 spiro atoms. The van der Waals surface area contributed by atoms with Crippen molar-refractivity contribution in [2.75, 3.05) is 0 Å². The second-order valence-corrected chi connectivity index (χ2v) is 16.3. The number of benzene rings is 1. The first-order valence-corrected chi connectivity index (χ1v) is 15.9. The van der Waals surface area contributed by atoms with Crippen LogP contribution in [0, 0.1) is 10.1 Å². The molecule has 11 heteroatoms. The van der Waals surface area contributed by atoms with Gasteiger partial charge in [-0.1, -0.05) is 54.5 Å². The van der Waals surface area contributed by atoms with Crippen molar-refractivity contribution in [3.05, 3.63) is 86.7 Å². The van der Waals surface area contributed by atoms with E-state index in [4.69, 9.17) is 22.7 Å². The smallest absolute Gasteiger partial charge is 0.374 e. The van der Waals surface area contributed by atoms with Gasteiger partial charge < -0.3 is 22.7 Å². The molecular weight excluding hydrogens is 546 g/mol. The summed E-state index contributed by atoms with van der Waals surface area (Å²) in [5.74, 6) is -0.362. The third-order valence-electron chi connectivity index (χ3n) is 7.35. The summed E-state index contributed by atoms with van der Waals surface area (Å²) in [5.41, 5.74) is 1.21.